The number of anilines is 1. The van der Waals surface area contributed by atoms with Crippen LogP contribution in [-0.4, -0.2) is 38.6 Å². The largest absolute Gasteiger partial charge is 0.492 e. The van der Waals surface area contributed by atoms with Crippen LogP contribution in [0.4, 0.5) is 5.69 Å². The lowest BCUT2D eigenvalue weighted by Crippen LogP contribution is -2.30. The summed E-state index contributed by atoms with van der Waals surface area (Å²) in [5.41, 5.74) is 0.688. The Morgan fingerprint density at radius 3 is 2.67 bits per heavy atom. The van der Waals surface area contributed by atoms with Crippen molar-refractivity contribution in [2.75, 3.05) is 32.1 Å². The Morgan fingerprint density at radius 2 is 2.00 bits per heavy atom. The molecule has 3 N–H and O–H groups in total. The number of benzene rings is 1. The van der Waals surface area contributed by atoms with E-state index >= 15 is 0 Å². The average Bonchev–Trinajstić information content (AvgIpc) is 2.41. The second kappa shape index (κ2) is 10.9. The Kier molecular flexibility index (Phi) is 10.0. The average molecular weight is 316 g/mol. The number of carbonyl (C=O) groups is 2. The zero-order chi connectivity index (χ0) is 14.8. The second-order valence-corrected chi connectivity index (χ2v) is 4.26. The summed E-state index contributed by atoms with van der Waals surface area (Å²) in [4.78, 5) is 22.3. The number of hydrogen-bond acceptors (Lipinski definition) is 4. The zero-order valence-electron chi connectivity index (χ0n) is 12.3. The molecule has 0 aliphatic heterocycles. The highest BCUT2D eigenvalue weighted by atomic mass is 35.5. The maximum absolute atomic E-state index is 11.3. The highest BCUT2D eigenvalue weighted by Gasteiger charge is 2.01. The van der Waals surface area contributed by atoms with Gasteiger partial charge in [0.15, 0.2) is 0 Å². The third kappa shape index (κ3) is 8.88. The van der Waals surface area contributed by atoms with Gasteiger partial charge in [-0.3, -0.25) is 9.59 Å². The molecule has 0 atom stereocenters. The van der Waals surface area contributed by atoms with Crippen LogP contribution in [0.5, 0.6) is 5.75 Å². The van der Waals surface area contributed by atoms with Crippen molar-refractivity contribution in [3.63, 3.8) is 0 Å². The standard InChI is InChI=1S/C14H21N3O3.ClH/c1-11(18)17-12-4-3-5-13(10-12)20-9-8-16-14(19)6-7-15-2;/h3-5,10,15H,6-9H2,1-2H3,(H,16,19)(H,17,18);1H. The molecule has 0 bridgehead atoms. The lowest BCUT2D eigenvalue weighted by atomic mass is 10.3. The third-order valence-electron chi connectivity index (χ3n) is 2.45. The van der Waals surface area contributed by atoms with E-state index in [1.807, 2.05) is 0 Å². The summed E-state index contributed by atoms with van der Waals surface area (Å²) in [7, 11) is 1.80. The number of rotatable bonds is 8. The number of amides is 2. The zero-order valence-corrected chi connectivity index (χ0v) is 13.1. The molecule has 1 aromatic carbocycles. The minimum absolute atomic E-state index is 0. The van der Waals surface area contributed by atoms with Gasteiger partial charge in [-0.05, 0) is 19.2 Å². The molecule has 0 radical (unpaired) electrons. The van der Waals surface area contributed by atoms with Crippen molar-refractivity contribution < 1.29 is 14.3 Å². The number of carbonyl (C=O) groups excluding carboxylic acids is 2. The fraction of sp³-hybridized carbons (Fsp3) is 0.429. The molecule has 118 valence electrons. The molecule has 0 saturated carbocycles. The van der Waals surface area contributed by atoms with Gasteiger partial charge in [0.1, 0.15) is 12.4 Å². The lowest BCUT2D eigenvalue weighted by molar-refractivity contribution is -0.121. The third-order valence-corrected chi connectivity index (χ3v) is 2.45. The number of hydrogen-bond donors (Lipinski definition) is 3. The molecule has 7 heteroatoms. The molecule has 1 rings (SSSR count). The summed E-state index contributed by atoms with van der Waals surface area (Å²) in [5.74, 6) is 0.523. The van der Waals surface area contributed by atoms with Crippen LogP contribution >= 0.6 is 12.4 Å². The predicted molar refractivity (Wildman–Crippen MR) is 85.0 cm³/mol. The SMILES string of the molecule is CNCCC(=O)NCCOc1cccc(NC(C)=O)c1.Cl. The van der Waals surface area contributed by atoms with Gasteiger partial charge in [0.05, 0.1) is 6.54 Å². The fourth-order valence-corrected chi connectivity index (χ4v) is 1.55. The van der Waals surface area contributed by atoms with E-state index in [1.54, 1.807) is 31.3 Å². The first-order chi connectivity index (χ1) is 9.61. The minimum atomic E-state index is -0.126. The van der Waals surface area contributed by atoms with Gasteiger partial charge in [0.2, 0.25) is 11.8 Å². The summed E-state index contributed by atoms with van der Waals surface area (Å²) < 4.78 is 5.50. The van der Waals surface area contributed by atoms with Crippen molar-refractivity contribution in [3.8, 4) is 5.75 Å². The smallest absolute Gasteiger partial charge is 0.221 e. The summed E-state index contributed by atoms with van der Waals surface area (Å²) in [6.07, 6.45) is 0.453. The van der Waals surface area contributed by atoms with Crippen LogP contribution in [0, 0.1) is 0 Å². The van der Waals surface area contributed by atoms with Crippen LogP contribution in [0.1, 0.15) is 13.3 Å². The Labute approximate surface area is 131 Å². The Bertz CT molecular complexity index is 455. The Morgan fingerprint density at radius 1 is 1.24 bits per heavy atom. The fourth-order valence-electron chi connectivity index (χ4n) is 1.55. The molecular formula is C14H22ClN3O3. The van der Waals surface area contributed by atoms with Crippen LogP contribution in [0.2, 0.25) is 0 Å². The molecule has 0 unspecified atom stereocenters. The van der Waals surface area contributed by atoms with Crippen molar-refractivity contribution >= 4 is 29.9 Å². The topological polar surface area (TPSA) is 79.5 Å². The molecular weight excluding hydrogens is 294 g/mol. The normalized spacial score (nSPS) is 9.43. The van der Waals surface area contributed by atoms with Gasteiger partial charge in [-0.2, -0.15) is 0 Å². The molecule has 0 saturated heterocycles. The van der Waals surface area contributed by atoms with E-state index in [9.17, 15) is 9.59 Å². The highest BCUT2D eigenvalue weighted by Crippen LogP contribution is 2.16. The van der Waals surface area contributed by atoms with Gasteiger partial charge >= 0.3 is 0 Å². The maximum atomic E-state index is 11.3. The van der Waals surface area contributed by atoms with Gasteiger partial charge in [0.25, 0.3) is 0 Å². The molecule has 0 fully saturated rings. The number of ether oxygens (including phenoxy) is 1. The van der Waals surface area contributed by atoms with Crippen LogP contribution in [0.25, 0.3) is 0 Å². The van der Waals surface area contributed by atoms with E-state index < -0.39 is 0 Å². The molecule has 0 spiro atoms. The molecule has 0 aliphatic carbocycles. The van der Waals surface area contributed by atoms with Gasteiger partial charge in [-0.1, -0.05) is 6.07 Å². The van der Waals surface area contributed by atoms with E-state index in [0.29, 0.717) is 37.6 Å². The van der Waals surface area contributed by atoms with Crippen LogP contribution in [-0.2, 0) is 9.59 Å². The van der Waals surface area contributed by atoms with Gasteiger partial charge in [0, 0.05) is 31.6 Å². The molecule has 0 aliphatic rings. The van der Waals surface area contributed by atoms with Crippen molar-refractivity contribution in [1.29, 1.82) is 0 Å². The molecule has 0 aromatic heterocycles. The van der Waals surface area contributed by atoms with Crippen LogP contribution in [0.3, 0.4) is 0 Å². The van der Waals surface area contributed by atoms with E-state index in [4.69, 9.17) is 4.74 Å². The summed E-state index contributed by atoms with van der Waals surface area (Å²) >= 11 is 0. The minimum Gasteiger partial charge on any atom is -0.492 e. The Hall–Kier alpha value is -1.79. The molecule has 0 heterocycles. The van der Waals surface area contributed by atoms with Crippen molar-refractivity contribution in [2.24, 2.45) is 0 Å². The van der Waals surface area contributed by atoms with E-state index in [-0.39, 0.29) is 24.2 Å². The van der Waals surface area contributed by atoms with Crippen molar-refractivity contribution in [3.05, 3.63) is 24.3 Å². The number of halogens is 1. The molecule has 1 aromatic rings. The lowest BCUT2D eigenvalue weighted by Gasteiger charge is -2.09. The Balaban J connectivity index is 0.00000400. The van der Waals surface area contributed by atoms with E-state index in [1.165, 1.54) is 6.92 Å². The van der Waals surface area contributed by atoms with Gasteiger partial charge < -0.3 is 20.7 Å². The van der Waals surface area contributed by atoms with E-state index in [0.717, 1.165) is 0 Å². The van der Waals surface area contributed by atoms with E-state index in [2.05, 4.69) is 16.0 Å². The van der Waals surface area contributed by atoms with Crippen molar-refractivity contribution in [1.82, 2.24) is 10.6 Å². The predicted octanol–water partition coefficient (Wildman–Crippen LogP) is 1.17. The summed E-state index contributed by atoms with van der Waals surface area (Å²) in [6, 6.07) is 7.12. The van der Waals surface area contributed by atoms with Crippen LogP contribution < -0.4 is 20.7 Å². The second-order valence-electron chi connectivity index (χ2n) is 4.26. The first-order valence-electron chi connectivity index (χ1n) is 6.53. The molecule has 6 nitrogen and oxygen atoms in total. The van der Waals surface area contributed by atoms with Gasteiger partial charge in [-0.25, -0.2) is 0 Å². The highest BCUT2D eigenvalue weighted by molar-refractivity contribution is 5.88. The summed E-state index contributed by atoms with van der Waals surface area (Å²) in [5, 5.41) is 8.35. The first kappa shape index (κ1) is 19.2. The first-order valence-corrected chi connectivity index (χ1v) is 6.53. The summed E-state index contributed by atoms with van der Waals surface area (Å²) in [6.45, 7) is 2.95. The monoisotopic (exact) mass is 315 g/mol. The maximum Gasteiger partial charge on any atom is 0.221 e. The molecule has 21 heavy (non-hydrogen) atoms. The van der Waals surface area contributed by atoms with Gasteiger partial charge in [-0.15, -0.1) is 12.4 Å². The van der Waals surface area contributed by atoms with Crippen molar-refractivity contribution in [2.45, 2.75) is 13.3 Å². The quantitative estimate of drug-likeness (QED) is 0.629. The van der Waals surface area contributed by atoms with Crippen LogP contribution in [0.15, 0.2) is 24.3 Å². The molecule has 2 amide bonds. The number of nitrogens with one attached hydrogen (secondary N) is 3.